The summed E-state index contributed by atoms with van der Waals surface area (Å²) >= 11 is 6.06. The minimum atomic E-state index is 0.541. The molecule has 3 fully saturated rings. The van der Waals surface area contributed by atoms with Gasteiger partial charge in [-0.1, -0.05) is 37.6 Å². The second-order valence-corrected chi connectivity index (χ2v) is 8.88. The molecule has 3 nitrogen and oxygen atoms in total. The molecule has 0 aliphatic carbocycles. The van der Waals surface area contributed by atoms with Gasteiger partial charge in [0.1, 0.15) is 5.75 Å². The van der Waals surface area contributed by atoms with Crippen molar-refractivity contribution in [2.45, 2.75) is 33.4 Å². The van der Waals surface area contributed by atoms with E-state index in [0.29, 0.717) is 24.5 Å². The van der Waals surface area contributed by atoms with E-state index in [4.69, 9.17) is 16.3 Å². The molecule has 28 heavy (non-hydrogen) atoms. The predicted molar refractivity (Wildman–Crippen MR) is 117 cm³/mol. The van der Waals surface area contributed by atoms with Gasteiger partial charge in [-0.2, -0.15) is 0 Å². The normalized spacial score (nSPS) is 27.6. The summed E-state index contributed by atoms with van der Waals surface area (Å²) in [6.07, 6.45) is 0. The molecule has 0 spiro atoms. The molecule has 4 atom stereocenters. The van der Waals surface area contributed by atoms with Gasteiger partial charge in [0.25, 0.3) is 0 Å². The number of hydrogen-bond acceptors (Lipinski definition) is 3. The number of anilines is 1. The van der Waals surface area contributed by atoms with Crippen LogP contribution < -0.4 is 9.64 Å². The Hall–Kier alpha value is -1.71. The monoisotopic (exact) mass is 398 g/mol. The molecule has 0 radical (unpaired) electrons. The lowest BCUT2D eigenvalue weighted by Crippen LogP contribution is -2.52. The largest absolute Gasteiger partial charge is 0.494 e. The van der Waals surface area contributed by atoms with Crippen LogP contribution in [0.1, 0.15) is 26.3 Å². The van der Waals surface area contributed by atoms with Crippen molar-refractivity contribution in [1.82, 2.24) is 4.90 Å². The van der Waals surface area contributed by atoms with Gasteiger partial charge in [-0.25, -0.2) is 0 Å². The van der Waals surface area contributed by atoms with Crippen molar-refractivity contribution < 1.29 is 4.74 Å². The summed E-state index contributed by atoms with van der Waals surface area (Å²) in [5.74, 6) is 3.07. The predicted octanol–water partition coefficient (Wildman–Crippen LogP) is 5.33. The van der Waals surface area contributed by atoms with Crippen LogP contribution in [0.25, 0.3) is 0 Å². The lowest BCUT2D eigenvalue weighted by atomic mass is 9.76. The molecule has 2 unspecified atom stereocenters. The molecule has 0 aromatic heterocycles. The van der Waals surface area contributed by atoms with Crippen LogP contribution in [-0.4, -0.2) is 37.2 Å². The van der Waals surface area contributed by atoms with Crippen molar-refractivity contribution in [3.8, 4) is 5.75 Å². The smallest absolute Gasteiger partial charge is 0.119 e. The third-order valence-electron chi connectivity index (χ3n) is 6.75. The lowest BCUT2D eigenvalue weighted by Gasteiger charge is -2.46. The van der Waals surface area contributed by atoms with E-state index in [1.807, 2.05) is 19.1 Å². The number of benzene rings is 2. The fourth-order valence-electron chi connectivity index (χ4n) is 4.95. The lowest BCUT2D eigenvalue weighted by molar-refractivity contribution is 0.203. The Morgan fingerprint density at radius 3 is 2.32 bits per heavy atom. The maximum Gasteiger partial charge on any atom is 0.119 e. The van der Waals surface area contributed by atoms with E-state index < -0.39 is 0 Å². The van der Waals surface area contributed by atoms with E-state index in [1.54, 1.807) is 0 Å². The highest BCUT2D eigenvalue weighted by atomic mass is 35.5. The van der Waals surface area contributed by atoms with E-state index in [0.717, 1.165) is 42.9 Å². The zero-order valence-corrected chi connectivity index (χ0v) is 17.9. The minimum Gasteiger partial charge on any atom is -0.494 e. The maximum absolute atomic E-state index is 6.06. The van der Waals surface area contributed by atoms with E-state index in [1.165, 1.54) is 11.3 Å². The average Bonchev–Trinajstić information content (AvgIpc) is 2.94. The summed E-state index contributed by atoms with van der Waals surface area (Å²) in [7, 11) is 0. The number of nitrogens with zero attached hydrogens (tertiary/aromatic N) is 2. The van der Waals surface area contributed by atoms with Crippen molar-refractivity contribution in [1.29, 1.82) is 0 Å². The molecule has 3 heterocycles. The summed E-state index contributed by atoms with van der Waals surface area (Å²) in [4.78, 5) is 5.29. The summed E-state index contributed by atoms with van der Waals surface area (Å²) < 4.78 is 5.63. The number of ether oxygens (including phenoxy) is 1. The van der Waals surface area contributed by atoms with Crippen molar-refractivity contribution in [2.24, 2.45) is 17.8 Å². The van der Waals surface area contributed by atoms with Crippen LogP contribution in [0.3, 0.4) is 0 Å². The van der Waals surface area contributed by atoms with Crippen molar-refractivity contribution in [3.05, 3.63) is 59.1 Å². The Kier molecular flexibility index (Phi) is 5.84. The van der Waals surface area contributed by atoms with Crippen LogP contribution in [0.2, 0.25) is 5.02 Å². The van der Waals surface area contributed by atoms with Gasteiger partial charge < -0.3 is 9.64 Å². The van der Waals surface area contributed by atoms with Crippen LogP contribution >= 0.6 is 11.6 Å². The fraction of sp³-hybridized carbons (Fsp3) is 0.500. The number of halogens is 1. The highest BCUT2D eigenvalue weighted by Gasteiger charge is 2.43. The van der Waals surface area contributed by atoms with E-state index >= 15 is 0 Å². The molecule has 0 saturated carbocycles. The molecule has 5 rings (SSSR count). The SMILES string of the molecule is CCOc1ccc(N2C[C@H]3CN(Cc4ccc(Cl)cc4)CC2[C@@H](C)C3C)cc1. The molecule has 3 aliphatic rings. The van der Waals surface area contributed by atoms with Crippen LogP contribution in [0, 0.1) is 17.8 Å². The Balaban J connectivity index is 1.54. The standard InChI is InChI=1S/C24H31ClN2O/c1-4-28-23-11-9-22(10-12-23)27-15-20-14-26(16-24(27)18(3)17(20)2)13-19-5-7-21(25)8-6-19/h5-12,17-18,20,24H,4,13-16H2,1-3H3/t17?,18-,20+,24?/m0/s1. The molecule has 2 bridgehead atoms. The second-order valence-electron chi connectivity index (χ2n) is 8.45. The molecule has 0 N–H and O–H groups in total. The third kappa shape index (κ3) is 4.01. The molecule has 150 valence electrons. The van der Waals surface area contributed by atoms with Crippen LogP contribution in [0.5, 0.6) is 5.75 Å². The van der Waals surface area contributed by atoms with Crippen molar-refractivity contribution >= 4 is 17.3 Å². The second kappa shape index (κ2) is 8.34. The van der Waals surface area contributed by atoms with Gasteiger partial charge in [0.05, 0.1) is 6.61 Å². The quantitative estimate of drug-likeness (QED) is 0.676. The van der Waals surface area contributed by atoms with Crippen molar-refractivity contribution in [2.75, 3.05) is 31.1 Å². The number of fused-ring (bicyclic) bond motifs is 4. The number of hydrogen-bond donors (Lipinski definition) is 0. The van der Waals surface area contributed by atoms with E-state index in [9.17, 15) is 0 Å². The summed E-state index contributed by atoms with van der Waals surface area (Å²) in [6, 6.07) is 17.5. The molecule has 2 aromatic rings. The van der Waals surface area contributed by atoms with Crippen LogP contribution in [0.15, 0.2) is 48.5 Å². The minimum absolute atomic E-state index is 0.541. The van der Waals surface area contributed by atoms with Gasteiger partial charge in [0, 0.05) is 42.9 Å². The van der Waals surface area contributed by atoms with E-state index in [-0.39, 0.29) is 0 Å². The van der Waals surface area contributed by atoms with E-state index in [2.05, 4.69) is 60.0 Å². The Labute approximate surface area is 174 Å². The highest BCUT2D eigenvalue weighted by molar-refractivity contribution is 6.30. The van der Waals surface area contributed by atoms with Gasteiger partial charge >= 0.3 is 0 Å². The third-order valence-corrected chi connectivity index (χ3v) is 7.00. The summed E-state index contributed by atoms with van der Waals surface area (Å²) in [5, 5.41) is 0.809. The summed E-state index contributed by atoms with van der Waals surface area (Å²) in [5.41, 5.74) is 2.67. The first-order chi connectivity index (χ1) is 13.5. The first-order valence-electron chi connectivity index (χ1n) is 10.5. The Morgan fingerprint density at radius 2 is 1.64 bits per heavy atom. The molecular formula is C24H31ClN2O. The maximum atomic E-state index is 6.06. The molecule has 0 amide bonds. The summed E-state index contributed by atoms with van der Waals surface area (Å²) in [6.45, 7) is 12.0. The van der Waals surface area contributed by atoms with Gasteiger partial charge in [-0.3, -0.25) is 4.90 Å². The van der Waals surface area contributed by atoms with Gasteiger partial charge in [0.2, 0.25) is 0 Å². The van der Waals surface area contributed by atoms with Gasteiger partial charge in [0.15, 0.2) is 0 Å². The topological polar surface area (TPSA) is 15.7 Å². The number of rotatable bonds is 5. The zero-order valence-electron chi connectivity index (χ0n) is 17.1. The van der Waals surface area contributed by atoms with Crippen LogP contribution in [-0.2, 0) is 6.54 Å². The van der Waals surface area contributed by atoms with Gasteiger partial charge in [-0.15, -0.1) is 0 Å². The molecule has 3 aliphatic heterocycles. The van der Waals surface area contributed by atoms with Gasteiger partial charge in [-0.05, 0) is 66.6 Å². The first-order valence-corrected chi connectivity index (χ1v) is 10.9. The molecular weight excluding hydrogens is 368 g/mol. The Morgan fingerprint density at radius 1 is 0.929 bits per heavy atom. The fourth-order valence-corrected chi connectivity index (χ4v) is 5.08. The first kappa shape index (κ1) is 19.6. The highest BCUT2D eigenvalue weighted by Crippen LogP contribution is 2.40. The molecule has 2 aromatic carbocycles. The molecule has 4 heteroatoms. The van der Waals surface area contributed by atoms with Crippen LogP contribution in [0.4, 0.5) is 5.69 Å². The number of piperidine rings is 1. The molecule has 3 saturated heterocycles. The average molecular weight is 399 g/mol. The van der Waals surface area contributed by atoms with Crippen molar-refractivity contribution in [3.63, 3.8) is 0 Å². The Bertz CT molecular complexity index is 776. The zero-order chi connectivity index (χ0) is 19.7.